The van der Waals surface area contributed by atoms with Crippen molar-refractivity contribution in [3.05, 3.63) is 24.3 Å². The SMILES string of the molecule is CSc1cccc(NCCC(N)=NO)c1. The molecule has 1 rings (SSSR count). The summed E-state index contributed by atoms with van der Waals surface area (Å²) in [6.07, 6.45) is 2.56. The second kappa shape index (κ2) is 6.19. The number of oxime groups is 1. The van der Waals surface area contributed by atoms with E-state index >= 15 is 0 Å². The largest absolute Gasteiger partial charge is 0.409 e. The summed E-state index contributed by atoms with van der Waals surface area (Å²) in [7, 11) is 0. The first-order valence-corrected chi connectivity index (χ1v) is 5.83. The molecule has 0 saturated heterocycles. The monoisotopic (exact) mass is 225 g/mol. The predicted molar refractivity (Wildman–Crippen MR) is 64.7 cm³/mol. The van der Waals surface area contributed by atoms with Crippen LogP contribution in [0, 0.1) is 0 Å². The molecule has 0 amide bonds. The summed E-state index contributed by atoms with van der Waals surface area (Å²) in [4.78, 5) is 1.21. The fraction of sp³-hybridized carbons (Fsp3) is 0.300. The normalized spacial score (nSPS) is 11.4. The molecule has 0 aliphatic heterocycles. The fourth-order valence-electron chi connectivity index (χ4n) is 1.12. The Balaban J connectivity index is 2.43. The van der Waals surface area contributed by atoms with Gasteiger partial charge in [0.25, 0.3) is 0 Å². The number of rotatable bonds is 5. The van der Waals surface area contributed by atoms with Crippen molar-refractivity contribution in [2.75, 3.05) is 18.1 Å². The lowest BCUT2D eigenvalue weighted by Crippen LogP contribution is -2.16. The zero-order chi connectivity index (χ0) is 11.1. The molecule has 82 valence electrons. The Hall–Kier alpha value is -1.36. The Morgan fingerprint density at radius 3 is 3.07 bits per heavy atom. The van der Waals surface area contributed by atoms with Crippen molar-refractivity contribution in [1.82, 2.24) is 0 Å². The minimum atomic E-state index is 0.239. The second-order valence-electron chi connectivity index (χ2n) is 3.00. The first kappa shape index (κ1) is 11.7. The van der Waals surface area contributed by atoms with E-state index < -0.39 is 0 Å². The first-order chi connectivity index (χ1) is 7.26. The number of nitrogens with one attached hydrogen (secondary N) is 1. The average molecular weight is 225 g/mol. The van der Waals surface area contributed by atoms with Crippen LogP contribution in [-0.2, 0) is 0 Å². The highest BCUT2D eigenvalue weighted by molar-refractivity contribution is 7.98. The van der Waals surface area contributed by atoms with E-state index in [2.05, 4.69) is 22.6 Å². The third-order valence-corrected chi connectivity index (χ3v) is 2.63. The van der Waals surface area contributed by atoms with Crippen LogP contribution in [0.25, 0.3) is 0 Å². The lowest BCUT2D eigenvalue weighted by Gasteiger charge is -2.06. The molecule has 0 saturated carbocycles. The summed E-state index contributed by atoms with van der Waals surface area (Å²) in [5.41, 5.74) is 6.40. The molecule has 4 nitrogen and oxygen atoms in total. The number of benzene rings is 1. The van der Waals surface area contributed by atoms with Gasteiger partial charge in [0.15, 0.2) is 0 Å². The van der Waals surface area contributed by atoms with Gasteiger partial charge >= 0.3 is 0 Å². The molecule has 15 heavy (non-hydrogen) atoms. The summed E-state index contributed by atoms with van der Waals surface area (Å²) >= 11 is 1.70. The molecular weight excluding hydrogens is 210 g/mol. The third kappa shape index (κ3) is 4.12. The van der Waals surface area contributed by atoms with E-state index in [-0.39, 0.29) is 5.84 Å². The van der Waals surface area contributed by atoms with Gasteiger partial charge in [-0.25, -0.2) is 0 Å². The van der Waals surface area contributed by atoms with E-state index in [1.165, 1.54) is 4.90 Å². The number of nitrogens with zero attached hydrogens (tertiary/aromatic N) is 1. The van der Waals surface area contributed by atoms with Gasteiger partial charge in [-0.3, -0.25) is 0 Å². The van der Waals surface area contributed by atoms with Gasteiger partial charge < -0.3 is 16.3 Å². The minimum Gasteiger partial charge on any atom is -0.409 e. The summed E-state index contributed by atoms with van der Waals surface area (Å²) < 4.78 is 0. The van der Waals surface area contributed by atoms with Crippen LogP contribution in [0.4, 0.5) is 5.69 Å². The van der Waals surface area contributed by atoms with E-state index in [4.69, 9.17) is 10.9 Å². The molecule has 0 heterocycles. The van der Waals surface area contributed by atoms with Crippen LogP contribution in [0.2, 0.25) is 0 Å². The highest BCUT2D eigenvalue weighted by Gasteiger charge is 1.95. The second-order valence-corrected chi connectivity index (χ2v) is 3.88. The average Bonchev–Trinajstić information content (AvgIpc) is 2.29. The van der Waals surface area contributed by atoms with Gasteiger partial charge in [-0.15, -0.1) is 11.8 Å². The lowest BCUT2D eigenvalue weighted by atomic mass is 10.3. The van der Waals surface area contributed by atoms with Gasteiger partial charge in [-0.1, -0.05) is 11.2 Å². The van der Waals surface area contributed by atoms with E-state index in [0.29, 0.717) is 13.0 Å². The van der Waals surface area contributed by atoms with Crippen LogP contribution in [0.15, 0.2) is 34.3 Å². The van der Waals surface area contributed by atoms with E-state index in [0.717, 1.165) is 5.69 Å². The third-order valence-electron chi connectivity index (χ3n) is 1.91. The number of hydrogen-bond acceptors (Lipinski definition) is 4. The minimum absolute atomic E-state index is 0.239. The van der Waals surface area contributed by atoms with Gasteiger partial charge in [0, 0.05) is 23.5 Å². The molecule has 1 aromatic carbocycles. The molecule has 0 radical (unpaired) electrons. The van der Waals surface area contributed by atoms with Gasteiger partial charge in [0.2, 0.25) is 0 Å². The fourth-order valence-corrected chi connectivity index (χ4v) is 1.58. The summed E-state index contributed by atoms with van der Waals surface area (Å²) in [6, 6.07) is 8.11. The van der Waals surface area contributed by atoms with Crippen molar-refractivity contribution < 1.29 is 5.21 Å². The molecule has 0 aliphatic carbocycles. The molecule has 4 N–H and O–H groups in total. The van der Waals surface area contributed by atoms with Gasteiger partial charge in [-0.2, -0.15) is 0 Å². The van der Waals surface area contributed by atoms with E-state index in [1.807, 2.05) is 18.4 Å². The quantitative estimate of drug-likeness (QED) is 0.235. The molecule has 0 unspecified atom stereocenters. The summed E-state index contributed by atoms with van der Waals surface area (Å²) in [6.45, 7) is 0.660. The smallest absolute Gasteiger partial charge is 0.140 e. The molecular formula is C10H15N3OS. The Morgan fingerprint density at radius 2 is 2.40 bits per heavy atom. The number of amidine groups is 1. The number of hydrogen-bond donors (Lipinski definition) is 3. The molecule has 0 bridgehead atoms. The van der Waals surface area contributed by atoms with Crippen LogP contribution in [0.1, 0.15) is 6.42 Å². The number of anilines is 1. The van der Waals surface area contributed by atoms with Gasteiger partial charge in [0.1, 0.15) is 5.84 Å². The molecule has 0 fully saturated rings. The maximum atomic E-state index is 8.35. The number of thioether (sulfide) groups is 1. The predicted octanol–water partition coefficient (Wildman–Crippen LogP) is 1.96. The standard InChI is InChI=1S/C10H15N3OS/c1-15-9-4-2-3-8(7-9)12-6-5-10(11)13-14/h2-4,7,12,14H,5-6H2,1H3,(H2,11,13). The van der Waals surface area contributed by atoms with Crippen molar-refractivity contribution in [2.24, 2.45) is 10.9 Å². The topological polar surface area (TPSA) is 70.6 Å². The van der Waals surface area contributed by atoms with Crippen molar-refractivity contribution >= 4 is 23.3 Å². The Morgan fingerprint density at radius 1 is 1.60 bits per heavy atom. The zero-order valence-corrected chi connectivity index (χ0v) is 9.42. The Bertz CT molecular complexity index is 341. The molecule has 0 atom stereocenters. The lowest BCUT2D eigenvalue weighted by molar-refractivity contribution is 0.317. The van der Waals surface area contributed by atoms with Crippen molar-refractivity contribution in [3.63, 3.8) is 0 Å². The van der Waals surface area contributed by atoms with E-state index in [9.17, 15) is 0 Å². The van der Waals surface area contributed by atoms with Crippen molar-refractivity contribution in [2.45, 2.75) is 11.3 Å². The van der Waals surface area contributed by atoms with Gasteiger partial charge in [0.05, 0.1) is 0 Å². The highest BCUT2D eigenvalue weighted by Crippen LogP contribution is 2.18. The molecule has 1 aromatic rings. The van der Waals surface area contributed by atoms with Crippen molar-refractivity contribution in [3.8, 4) is 0 Å². The van der Waals surface area contributed by atoms with Crippen LogP contribution < -0.4 is 11.1 Å². The van der Waals surface area contributed by atoms with Crippen LogP contribution in [0.5, 0.6) is 0 Å². The summed E-state index contributed by atoms with van der Waals surface area (Å²) in [5, 5.41) is 14.4. The maximum Gasteiger partial charge on any atom is 0.140 e. The van der Waals surface area contributed by atoms with Gasteiger partial charge in [-0.05, 0) is 24.5 Å². The zero-order valence-electron chi connectivity index (χ0n) is 8.60. The Labute approximate surface area is 93.5 Å². The summed E-state index contributed by atoms with van der Waals surface area (Å²) in [5.74, 6) is 0.239. The molecule has 5 heteroatoms. The highest BCUT2D eigenvalue weighted by atomic mass is 32.2. The molecule has 0 spiro atoms. The molecule has 0 aliphatic rings. The van der Waals surface area contributed by atoms with E-state index in [1.54, 1.807) is 11.8 Å². The maximum absolute atomic E-state index is 8.35. The van der Waals surface area contributed by atoms with Crippen LogP contribution in [0.3, 0.4) is 0 Å². The number of nitrogens with two attached hydrogens (primary N) is 1. The van der Waals surface area contributed by atoms with Crippen LogP contribution >= 0.6 is 11.8 Å². The first-order valence-electron chi connectivity index (χ1n) is 4.60. The molecule has 0 aromatic heterocycles. The van der Waals surface area contributed by atoms with Crippen molar-refractivity contribution in [1.29, 1.82) is 0 Å². The Kier molecular flexibility index (Phi) is 4.83. The van der Waals surface area contributed by atoms with Crippen LogP contribution in [-0.4, -0.2) is 23.8 Å².